The van der Waals surface area contributed by atoms with Crippen molar-refractivity contribution in [2.45, 2.75) is 46.1 Å². The molecule has 0 radical (unpaired) electrons. The Hall–Kier alpha value is -1.84. The van der Waals surface area contributed by atoms with Crippen LogP contribution in [0.5, 0.6) is 0 Å². The van der Waals surface area contributed by atoms with Gasteiger partial charge in [-0.05, 0) is 42.2 Å². The number of amides is 3. The number of benzene rings is 1. The molecule has 0 unspecified atom stereocenters. The van der Waals surface area contributed by atoms with Gasteiger partial charge in [-0.15, -0.1) is 0 Å². The monoisotopic (exact) mass is 300 g/mol. The summed E-state index contributed by atoms with van der Waals surface area (Å²) in [5.41, 5.74) is 0.958. The fourth-order valence-corrected chi connectivity index (χ4v) is 4.53. The topological polar surface area (TPSA) is 49.4 Å². The SMILES string of the molecule is CC1(C)C[C@@H]2C[C@@](C)(CN2C(=O)NC(=O)c2ccccc2)C1. The van der Waals surface area contributed by atoms with Crippen LogP contribution in [0.2, 0.25) is 0 Å². The maximum atomic E-state index is 12.5. The standard InChI is InChI=1S/C18H24N2O2/c1-17(2)9-14-10-18(3,11-17)12-20(14)16(22)19-15(21)13-7-5-4-6-8-13/h4-8,14H,9-12H2,1-3H3,(H,19,21,22)/t14-,18-/m1/s1. The molecular formula is C18H24N2O2. The number of urea groups is 1. The van der Waals surface area contributed by atoms with Gasteiger partial charge in [0, 0.05) is 18.2 Å². The summed E-state index contributed by atoms with van der Waals surface area (Å²) in [5.74, 6) is -0.323. The molecule has 0 aromatic heterocycles. The third-order valence-corrected chi connectivity index (χ3v) is 4.93. The van der Waals surface area contributed by atoms with E-state index in [1.54, 1.807) is 24.3 Å². The van der Waals surface area contributed by atoms with E-state index in [9.17, 15) is 9.59 Å². The van der Waals surface area contributed by atoms with Gasteiger partial charge in [-0.3, -0.25) is 10.1 Å². The first kappa shape index (κ1) is 15.1. The lowest BCUT2D eigenvalue weighted by molar-refractivity contribution is 0.0947. The smallest absolute Gasteiger partial charge is 0.321 e. The molecule has 1 aromatic carbocycles. The van der Waals surface area contributed by atoms with E-state index in [0.29, 0.717) is 5.56 Å². The second-order valence-electron chi connectivity index (χ2n) is 7.97. The highest BCUT2D eigenvalue weighted by Crippen LogP contribution is 2.52. The van der Waals surface area contributed by atoms with E-state index in [-0.39, 0.29) is 28.8 Å². The molecule has 2 atom stereocenters. The molecule has 0 spiro atoms. The first-order valence-electron chi connectivity index (χ1n) is 7.95. The fourth-order valence-electron chi connectivity index (χ4n) is 4.53. The predicted octanol–water partition coefficient (Wildman–Crippen LogP) is 3.44. The summed E-state index contributed by atoms with van der Waals surface area (Å²) in [7, 11) is 0. The highest BCUT2D eigenvalue weighted by Gasteiger charge is 2.51. The molecule has 1 saturated heterocycles. The molecule has 1 saturated carbocycles. The third-order valence-electron chi connectivity index (χ3n) is 4.93. The maximum Gasteiger partial charge on any atom is 0.324 e. The Kier molecular flexibility index (Phi) is 3.50. The molecule has 2 fully saturated rings. The lowest BCUT2D eigenvalue weighted by Gasteiger charge is -2.39. The van der Waals surface area contributed by atoms with Crippen molar-refractivity contribution in [2.24, 2.45) is 10.8 Å². The number of fused-ring (bicyclic) bond motifs is 2. The first-order valence-corrected chi connectivity index (χ1v) is 7.95. The van der Waals surface area contributed by atoms with Gasteiger partial charge in [0.05, 0.1) is 0 Å². The number of hydrogen-bond donors (Lipinski definition) is 1. The molecule has 2 aliphatic rings. The van der Waals surface area contributed by atoms with E-state index in [1.807, 2.05) is 11.0 Å². The van der Waals surface area contributed by atoms with Crippen molar-refractivity contribution in [2.75, 3.05) is 6.54 Å². The predicted molar refractivity (Wildman–Crippen MR) is 85.5 cm³/mol. The second-order valence-corrected chi connectivity index (χ2v) is 7.97. The highest BCUT2D eigenvalue weighted by molar-refractivity contribution is 6.04. The van der Waals surface area contributed by atoms with Crippen molar-refractivity contribution >= 4 is 11.9 Å². The molecule has 3 rings (SSSR count). The number of carbonyl (C=O) groups excluding carboxylic acids is 2. The number of imide groups is 1. The Morgan fingerprint density at radius 3 is 2.50 bits per heavy atom. The number of carbonyl (C=O) groups is 2. The van der Waals surface area contributed by atoms with Gasteiger partial charge in [0.25, 0.3) is 5.91 Å². The average molecular weight is 300 g/mol. The van der Waals surface area contributed by atoms with Crippen LogP contribution < -0.4 is 5.32 Å². The molecule has 1 N–H and O–H groups in total. The van der Waals surface area contributed by atoms with Crippen LogP contribution in [-0.2, 0) is 0 Å². The Morgan fingerprint density at radius 2 is 1.82 bits per heavy atom. The van der Waals surface area contributed by atoms with Crippen LogP contribution >= 0.6 is 0 Å². The van der Waals surface area contributed by atoms with E-state index >= 15 is 0 Å². The second kappa shape index (κ2) is 5.11. The van der Waals surface area contributed by atoms with Crippen molar-refractivity contribution < 1.29 is 9.59 Å². The minimum Gasteiger partial charge on any atom is -0.321 e. The van der Waals surface area contributed by atoms with Gasteiger partial charge in [-0.1, -0.05) is 39.0 Å². The molecule has 1 heterocycles. The quantitative estimate of drug-likeness (QED) is 0.863. The van der Waals surface area contributed by atoms with Gasteiger partial charge >= 0.3 is 6.03 Å². The normalized spacial score (nSPS) is 29.2. The van der Waals surface area contributed by atoms with Crippen LogP contribution in [-0.4, -0.2) is 29.4 Å². The number of hydrogen-bond acceptors (Lipinski definition) is 2. The molecule has 1 aliphatic heterocycles. The van der Waals surface area contributed by atoms with Gasteiger partial charge in [0.15, 0.2) is 0 Å². The number of likely N-dealkylation sites (tertiary alicyclic amines) is 1. The van der Waals surface area contributed by atoms with Gasteiger partial charge in [-0.25, -0.2) is 4.79 Å². The van der Waals surface area contributed by atoms with Crippen LogP contribution in [0.25, 0.3) is 0 Å². The Labute approximate surface area is 131 Å². The third kappa shape index (κ3) is 2.87. The lowest BCUT2D eigenvalue weighted by atomic mass is 9.65. The van der Waals surface area contributed by atoms with Crippen molar-refractivity contribution in [1.29, 1.82) is 0 Å². The molecule has 22 heavy (non-hydrogen) atoms. The summed E-state index contributed by atoms with van der Waals surface area (Å²) in [5, 5.41) is 2.54. The van der Waals surface area contributed by atoms with Crippen molar-refractivity contribution in [3.63, 3.8) is 0 Å². The van der Waals surface area contributed by atoms with Crippen LogP contribution in [0.3, 0.4) is 0 Å². The van der Waals surface area contributed by atoms with E-state index in [0.717, 1.165) is 25.8 Å². The van der Waals surface area contributed by atoms with Crippen molar-refractivity contribution in [1.82, 2.24) is 10.2 Å². The Morgan fingerprint density at radius 1 is 1.14 bits per heavy atom. The molecule has 118 valence electrons. The number of nitrogens with zero attached hydrogens (tertiary/aromatic N) is 1. The minimum absolute atomic E-state index is 0.180. The summed E-state index contributed by atoms with van der Waals surface area (Å²) in [4.78, 5) is 26.5. The zero-order chi connectivity index (χ0) is 16.0. The average Bonchev–Trinajstić information content (AvgIpc) is 2.69. The van der Waals surface area contributed by atoms with Crippen LogP contribution in [0, 0.1) is 10.8 Å². The molecule has 4 heteroatoms. The molecule has 3 amide bonds. The first-order chi connectivity index (χ1) is 10.3. The molecular weight excluding hydrogens is 276 g/mol. The highest BCUT2D eigenvalue weighted by atomic mass is 16.2. The van der Waals surface area contributed by atoms with Crippen molar-refractivity contribution in [3.8, 4) is 0 Å². The van der Waals surface area contributed by atoms with E-state index < -0.39 is 0 Å². The van der Waals surface area contributed by atoms with Crippen LogP contribution in [0.15, 0.2) is 30.3 Å². The number of rotatable bonds is 1. The summed E-state index contributed by atoms with van der Waals surface area (Å²) in [6.07, 6.45) is 3.19. The zero-order valence-corrected chi connectivity index (χ0v) is 13.6. The molecule has 1 aromatic rings. The van der Waals surface area contributed by atoms with Gasteiger partial charge in [0.2, 0.25) is 0 Å². The van der Waals surface area contributed by atoms with Gasteiger partial charge in [-0.2, -0.15) is 0 Å². The molecule has 1 aliphatic carbocycles. The maximum absolute atomic E-state index is 12.5. The van der Waals surface area contributed by atoms with E-state index in [2.05, 4.69) is 26.1 Å². The zero-order valence-electron chi connectivity index (χ0n) is 13.6. The summed E-state index contributed by atoms with van der Waals surface area (Å²) >= 11 is 0. The van der Waals surface area contributed by atoms with Gasteiger partial charge < -0.3 is 4.90 Å². The molecule has 4 nitrogen and oxygen atoms in total. The summed E-state index contributed by atoms with van der Waals surface area (Å²) < 4.78 is 0. The van der Waals surface area contributed by atoms with Crippen LogP contribution in [0.1, 0.15) is 50.4 Å². The lowest BCUT2D eigenvalue weighted by Crippen LogP contribution is -2.45. The fraction of sp³-hybridized carbons (Fsp3) is 0.556. The van der Waals surface area contributed by atoms with Crippen LogP contribution in [0.4, 0.5) is 4.79 Å². The minimum atomic E-state index is -0.323. The van der Waals surface area contributed by atoms with E-state index in [1.165, 1.54) is 0 Å². The molecule has 2 bridgehead atoms. The number of nitrogens with one attached hydrogen (secondary N) is 1. The largest absolute Gasteiger partial charge is 0.324 e. The summed E-state index contributed by atoms with van der Waals surface area (Å²) in [6, 6.07) is 8.88. The summed E-state index contributed by atoms with van der Waals surface area (Å²) in [6.45, 7) is 7.55. The van der Waals surface area contributed by atoms with Crippen molar-refractivity contribution in [3.05, 3.63) is 35.9 Å². The van der Waals surface area contributed by atoms with Gasteiger partial charge in [0.1, 0.15) is 0 Å². The van der Waals surface area contributed by atoms with E-state index in [4.69, 9.17) is 0 Å². The Balaban J connectivity index is 1.70. The Bertz CT molecular complexity index is 596.